The second kappa shape index (κ2) is 6.10. The van der Waals surface area contributed by atoms with Crippen LogP contribution in [0.1, 0.15) is 24.5 Å². The van der Waals surface area contributed by atoms with Gasteiger partial charge in [-0.1, -0.05) is 19.1 Å². The molecule has 1 aromatic carbocycles. The molecule has 0 aliphatic carbocycles. The fraction of sp³-hybridized carbons (Fsp3) is 0.417. The third kappa shape index (κ3) is 3.88. The van der Waals surface area contributed by atoms with Crippen LogP contribution in [0.15, 0.2) is 18.2 Å². The molecule has 16 heavy (non-hydrogen) atoms. The zero-order chi connectivity index (χ0) is 12.0. The molecule has 0 aliphatic heterocycles. The van der Waals surface area contributed by atoms with Gasteiger partial charge in [0.25, 0.3) is 0 Å². The summed E-state index contributed by atoms with van der Waals surface area (Å²) in [6.45, 7) is 4.77. The van der Waals surface area contributed by atoms with Gasteiger partial charge < -0.3 is 10.6 Å². The molecule has 1 rings (SSSR count). The summed E-state index contributed by atoms with van der Waals surface area (Å²) in [6, 6.07) is 4.62. The van der Waals surface area contributed by atoms with Crippen LogP contribution in [0.5, 0.6) is 0 Å². The van der Waals surface area contributed by atoms with E-state index >= 15 is 0 Å². The Morgan fingerprint density at radius 2 is 2.12 bits per heavy atom. The van der Waals surface area contributed by atoms with Crippen LogP contribution < -0.4 is 10.6 Å². The van der Waals surface area contributed by atoms with Crippen LogP contribution in [0, 0.1) is 12.7 Å². The topological polar surface area (TPSA) is 41.1 Å². The van der Waals surface area contributed by atoms with Crippen LogP contribution in [0.4, 0.5) is 9.18 Å². The third-order valence-corrected chi connectivity index (χ3v) is 2.21. The van der Waals surface area contributed by atoms with Crippen LogP contribution in [0.2, 0.25) is 0 Å². The molecule has 0 aromatic heterocycles. The highest BCUT2D eigenvalue weighted by Crippen LogP contribution is 2.08. The number of benzene rings is 1. The minimum atomic E-state index is -0.223. The minimum Gasteiger partial charge on any atom is -0.338 e. The first kappa shape index (κ1) is 12.5. The molecule has 0 unspecified atom stereocenters. The van der Waals surface area contributed by atoms with Gasteiger partial charge in [-0.05, 0) is 30.5 Å². The molecule has 0 saturated heterocycles. The van der Waals surface area contributed by atoms with E-state index in [1.807, 2.05) is 6.92 Å². The van der Waals surface area contributed by atoms with Gasteiger partial charge in [-0.2, -0.15) is 0 Å². The molecule has 0 aliphatic rings. The lowest BCUT2D eigenvalue weighted by atomic mass is 10.1. The first-order chi connectivity index (χ1) is 7.63. The van der Waals surface area contributed by atoms with E-state index in [1.165, 1.54) is 6.07 Å². The number of aryl methyl sites for hydroxylation is 1. The molecule has 3 nitrogen and oxygen atoms in total. The lowest BCUT2D eigenvalue weighted by Crippen LogP contribution is -2.35. The zero-order valence-corrected chi connectivity index (χ0v) is 9.64. The van der Waals surface area contributed by atoms with Crippen molar-refractivity contribution in [1.82, 2.24) is 10.6 Å². The lowest BCUT2D eigenvalue weighted by molar-refractivity contribution is 0.240. The zero-order valence-electron chi connectivity index (χ0n) is 9.64. The molecular formula is C12H17FN2O. The van der Waals surface area contributed by atoms with E-state index in [9.17, 15) is 9.18 Å². The quantitative estimate of drug-likeness (QED) is 0.809. The number of halogens is 1. The maximum absolute atomic E-state index is 13.0. The SMILES string of the molecule is CCCNC(=O)NCc1ccc(F)c(C)c1. The van der Waals surface area contributed by atoms with E-state index < -0.39 is 0 Å². The van der Waals surface area contributed by atoms with Crippen molar-refractivity contribution in [1.29, 1.82) is 0 Å². The van der Waals surface area contributed by atoms with Gasteiger partial charge in [0.1, 0.15) is 5.82 Å². The number of amides is 2. The molecule has 88 valence electrons. The highest BCUT2D eigenvalue weighted by Gasteiger charge is 2.01. The van der Waals surface area contributed by atoms with Gasteiger partial charge in [-0.15, -0.1) is 0 Å². The van der Waals surface area contributed by atoms with Crippen molar-refractivity contribution in [3.63, 3.8) is 0 Å². The van der Waals surface area contributed by atoms with Crippen LogP contribution in [0.25, 0.3) is 0 Å². The van der Waals surface area contributed by atoms with Gasteiger partial charge in [-0.3, -0.25) is 0 Å². The first-order valence-electron chi connectivity index (χ1n) is 5.40. The first-order valence-corrected chi connectivity index (χ1v) is 5.40. The third-order valence-electron chi connectivity index (χ3n) is 2.21. The van der Waals surface area contributed by atoms with Crippen LogP contribution >= 0.6 is 0 Å². The Bertz CT molecular complexity index is 366. The van der Waals surface area contributed by atoms with Crippen molar-refractivity contribution in [2.75, 3.05) is 6.54 Å². The molecule has 2 amide bonds. The summed E-state index contributed by atoms with van der Waals surface area (Å²) < 4.78 is 13.0. The highest BCUT2D eigenvalue weighted by atomic mass is 19.1. The van der Waals surface area contributed by atoms with Crippen molar-refractivity contribution < 1.29 is 9.18 Å². The number of nitrogens with one attached hydrogen (secondary N) is 2. The smallest absolute Gasteiger partial charge is 0.315 e. The Kier molecular flexibility index (Phi) is 4.76. The maximum Gasteiger partial charge on any atom is 0.315 e. The average Bonchev–Trinajstić information content (AvgIpc) is 2.28. The van der Waals surface area contributed by atoms with Gasteiger partial charge in [0, 0.05) is 13.1 Å². The molecule has 0 bridgehead atoms. The van der Waals surface area contributed by atoms with E-state index in [-0.39, 0.29) is 11.8 Å². The summed E-state index contributed by atoms with van der Waals surface area (Å²) in [4.78, 5) is 11.2. The lowest BCUT2D eigenvalue weighted by Gasteiger charge is -2.07. The van der Waals surface area contributed by atoms with Gasteiger partial charge in [0.15, 0.2) is 0 Å². The van der Waals surface area contributed by atoms with Gasteiger partial charge in [0.05, 0.1) is 0 Å². The van der Waals surface area contributed by atoms with Gasteiger partial charge in [-0.25, -0.2) is 9.18 Å². The molecule has 2 N–H and O–H groups in total. The summed E-state index contributed by atoms with van der Waals surface area (Å²) >= 11 is 0. The molecular weight excluding hydrogens is 207 g/mol. The summed E-state index contributed by atoms with van der Waals surface area (Å²) in [5.41, 5.74) is 1.49. The Hall–Kier alpha value is -1.58. The Morgan fingerprint density at radius 3 is 2.75 bits per heavy atom. The summed E-state index contributed by atoms with van der Waals surface area (Å²) in [5, 5.41) is 5.41. The number of urea groups is 1. The normalized spacial score (nSPS) is 9.94. The molecule has 1 aromatic rings. The summed E-state index contributed by atoms with van der Waals surface area (Å²) in [5.74, 6) is -0.223. The number of carbonyl (C=O) groups excluding carboxylic acids is 1. The van der Waals surface area contributed by atoms with Crippen LogP contribution in [0.3, 0.4) is 0 Å². The number of hydrogen-bond acceptors (Lipinski definition) is 1. The Labute approximate surface area is 95.0 Å². The molecule has 0 saturated carbocycles. The number of rotatable bonds is 4. The van der Waals surface area contributed by atoms with Gasteiger partial charge in [0.2, 0.25) is 0 Å². The van der Waals surface area contributed by atoms with E-state index in [0.717, 1.165) is 12.0 Å². The van der Waals surface area contributed by atoms with Crippen LogP contribution in [-0.2, 0) is 6.54 Å². The minimum absolute atomic E-state index is 0.191. The van der Waals surface area contributed by atoms with E-state index in [4.69, 9.17) is 0 Å². The summed E-state index contributed by atoms with van der Waals surface area (Å²) in [7, 11) is 0. The largest absolute Gasteiger partial charge is 0.338 e. The van der Waals surface area contributed by atoms with Gasteiger partial charge >= 0.3 is 6.03 Å². The molecule has 4 heteroatoms. The monoisotopic (exact) mass is 224 g/mol. The van der Waals surface area contributed by atoms with Crippen molar-refractivity contribution in [3.05, 3.63) is 35.1 Å². The maximum atomic E-state index is 13.0. The Balaban J connectivity index is 2.42. The molecule has 0 heterocycles. The molecule has 0 fully saturated rings. The number of hydrogen-bond donors (Lipinski definition) is 2. The predicted octanol–water partition coefficient (Wildman–Crippen LogP) is 2.34. The van der Waals surface area contributed by atoms with E-state index in [0.29, 0.717) is 18.7 Å². The van der Waals surface area contributed by atoms with Crippen molar-refractivity contribution in [2.24, 2.45) is 0 Å². The van der Waals surface area contributed by atoms with Crippen molar-refractivity contribution in [3.8, 4) is 0 Å². The molecule has 0 radical (unpaired) electrons. The van der Waals surface area contributed by atoms with Crippen molar-refractivity contribution >= 4 is 6.03 Å². The fourth-order valence-corrected chi connectivity index (χ4v) is 1.30. The van der Waals surface area contributed by atoms with E-state index in [1.54, 1.807) is 19.1 Å². The molecule has 0 atom stereocenters. The molecule has 0 spiro atoms. The van der Waals surface area contributed by atoms with Crippen molar-refractivity contribution in [2.45, 2.75) is 26.8 Å². The highest BCUT2D eigenvalue weighted by molar-refractivity contribution is 5.73. The standard InChI is InChI=1S/C12H17FN2O/c1-3-6-14-12(16)15-8-10-4-5-11(13)9(2)7-10/h4-5,7H,3,6,8H2,1-2H3,(H2,14,15,16). The fourth-order valence-electron chi connectivity index (χ4n) is 1.30. The van der Waals surface area contributed by atoms with Crippen LogP contribution in [-0.4, -0.2) is 12.6 Å². The second-order valence-corrected chi connectivity index (χ2v) is 3.69. The number of carbonyl (C=O) groups is 1. The average molecular weight is 224 g/mol. The Morgan fingerprint density at radius 1 is 1.38 bits per heavy atom. The summed E-state index contributed by atoms with van der Waals surface area (Å²) in [6.07, 6.45) is 0.906. The van der Waals surface area contributed by atoms with E-state index in [2.05, 4.69) is 10.6 Å². The second-order valence-electron chi connectivity index (χ2n) is 3.69. The predicted molar refractivity (Wildman–Crippen MR) is 61.7 cm³/mol.